The lowest BCUT2D eigenvalue weighted by Gasteiger charge is -2.28. The molecule has 1 N–H and O–H groups in total. The smallest absolute Gasteiger partial charge is 0.141 e. The molecule has 27 heavy (non-hydrogen) atoms. The molecule has 1 aliphatic carbocycles. The Labute approximate surface area is 155 Å². The van der Waals surface area contributed by atoms with Crippen LogP contribution in [0.15, 0.2) is 42.7 Å². The number of hydrogen-bond donors (Lipinski definition) is 1. The van der Waals surface area contributed by atoms with E-state index in [1.165, 1.54) is 12.1 Å². The van der Waals surface area contributed by atoms with Crippen molar-refractivity contribution in [3.63, 3.8) is 0 Å². The van der Waals surface area contributed by atoms with Crippen molar-refractivity contribution < 1.29 is 4.39 Å². The first-order valence-corrected chi connectivity index (χ1v) is 9.24. The van der Waals surface area contributed by atoms with Crippen LogP contribution in [0.25, 0.3) is 33.5 Å². The zero-order valence-electron chi connectivity index (χ0n) is 14.7. The summed E-state index contributed by atoms with van der Waals surface area (Å²) in [4.78, 5) is 12.5. The summed E-state index contributed by atoms with van der Waals surface area (Å²) in [6.07, 6.45) is 7.34. The third kappa shape index (κ3) is 2.58. The molecule has 1 fully saturated rings. The Bertz CT molecular complexity index is 1160. The average Bonchev–Trinajstić information content (AvgIpc) is 3.32. The maximum Gasteiger partial charge on any atom is 0.141 e. The minimum Gasteiger partial charge on any atom is -0.346 e. The van der Waals surface area contributed by atoms with Gasteiger partial charge in [0, 0.05) is 29.1 Å². The van der Waals surface area contributed by atoms with E-state index >= 15 is 0 Å². The van der Waals surface area contributed by atoms with Gasteiger partial charge < -0.3 is 9.55 Å². The number of H-pyrrole nitrogens is 1. The van der Waals surface area contributed by atoms with Gasteiger partial charge in [-0.3, -0.25) is 0 Å². The van der Waals surface area contributed by atoms with Crippen molar-refractivity contribution in [2.24, 2.45) is 5.92 Å². The molecule has 0 saturated heterocycles. The van der Waals surface area contributed by atoms with Crippen molar-refractivity contribution in [1.29, 1.82) is 5.26 Å². The summed E-state index contributed by atoms with van der Waals surface area (Å²) in [7, 11) is 0. The zero-order chi connectivity index (χ0) is 18.4. The molecule has 1 saturated carbocycles. The average molecular weight is 359 g/mol. The lowest BCUT2D eigenvalue weighted by molar-refractivity contribution is 0.320. The summed E-state index contributed by atoms with van der Waals surface area (Å²) in [5, 5.41) is 10.3. The van der Waals surface area contributed by atoms with Crippen LogP contribution < -0.4 is 0 Å². The highest BCUT2D eigenvalue weighted by molar-refractivity contribution is 6.02. The van der Waals surface area contributed by atoms with E-state index in [1.54, 1.807) is 18.3 Å². The topological polar surface area (TPSA) is 70.3 Å². The van der Waals surface area contributed by atoms with Crippen LogP contribution in [0.1, 0.15) is 31.7 Å². The van der Waals surface area contributed by atoms with E-state index in [2.05, 4.69) is 20.6 Å². The number of aromatic amines is 1. The lowest BCUT2D eigenvalue weighted by Crippen LogP contribution is -2.18. The maximum atomic E-state index is 13.4. The molecule has 0 spiro atoms. The lowest BCUT2D eigenvalue weighted by atomic mass is 9.86. The van der Waals surface area contributed by atoms with Gasteiger partial charge in [0.1, 0.15) is 22.8 Å². The van der Waals surface area contributed by atoms with Crippen molar-refractivity contribution in [2.75, 3.05) is 0 Å². The van der Waals surface area contributed by atoms with Crippen molar-refractivity contribution in [3.8, 4) is 17.5 Å². The Morgan fingerprint density at radius 3 is 2.63 bits per heavy atom. The summed E-state index contributed by atoms with van der Waals surface area (Å²) in [5.41, 5.74) is 3.61. The summed E-state index contributed by atoms with van der Waals surface area (Å²) < 4.78 is 15.7. The number of hydrogen-bond acceptors (Lipinski definition) is 3. The van der Waals surface area contributed by atoms with Crippen molar-refractivity contribution in [2.45, 2.75) is 31.7 Å². The molecule has 0 atom stereocenters. The number of fused-ring (bicyclic) bond motifs is 3. The number of nitrogens with zero attached hydrogens (tertiary/aromatic N) is 4. The predicted molar refractivity (Wildman–Crippen MR) is 101 cm³/mol. The number of nitrogens with one attached hydrogen (secondary N) is 1. The van der Waals surface area contributed by atoms with Crippen molar-refractivity contribution in [1.82, 2.24) is 19.5 Å². The molecule has 0 radical (unpaired) electrons. The van der Waals surface area contributed by atoms with E-state index in [4.69, 9.17) is 4.98 Å². The third-order valence-corrected chi connectivity index (χ3v) is 5.58. The zero-order valence-corrected chi connectivity index (χ0v) is 14.7. The first-order valence-electron chi connectivity index (χ1n) is 9.24. The molecule has 3 heterocycles. The van der Waals surface area contributed by atoms with Gasteiger partial charge in [0.15, 0.2) is 0 Å². The Hall–Kier alpha value is -3.20. The van der Waals surface area contributed by atoms with Crippen molar-refractivity contribution in [3.05, 3.63) is 48.5 Å². The molecular weight excluding hydrogens is 341 g/mol. The molecule has 5 nitrogen and oxygen atoms in total. The third-order valence-electron chi connectivity index (χ3n) is 5.58. The summed E-state index contributed by atoms with van der Waals surface area (Å²) in [5.74, 6) is 0.714. The largest absolute Gasteiger partial charge is 0.346 e. The first-order chi connectivity index (χ1) is 13.2. The SMILES string of the molecule is N#C[C@H]1CC[C@H](n2c(-c3ccc(F)cc3)nc3cnc4[nH]ccc4c32)CC1. The number of nitriles is 1. The number of benzene rings is 1. The van der Waals surface area contributed by atoms with Gasteiger partial charge >= 0.3 is 0 Å². The number of imidazole rings is 1. The molecule has 0 aliphatic heterocycles. The van der Waals surface area contributed by atoms with Gasteiger partial charge in [-0.25, -0.2) is 14.4 Å². The molecule has 3 aromatic heterocycles. The molecule has 5 rings (SSSR count). The van der Waals surface area contributed by atoms with E-state index in [9.17, 15) is 9.65 Å². The van der Waals surface area contributed by atoms with Gasteiger partial charge in [-0.2, -0.15) is 5.26 Å². The fraction of sp³-hybridized carbons (Fsp3) is 0.286. The number of halogens is 1. The minimum atomic E-state index is -0.259. The molecule has 134 valence electrons. The van der Waals surface area contributed by atoms with Gasteiger partial charge in [0.25, 0.3) is 0 Å². The monoisotopic (exact) mass is 359 g/mol. The highest BCUT2D eigenvalue weighted by Gasteiger charge is 2.27. The van der Waals surface area contributed by atoms with E-state index in [0.29, 0.717) is 0 Å². The summed E-state index contributed by atoms with van der Waals surface area (Å²) >= 11 is 0. The fourth-order valence-corrected chi connectivity index (χ4v) is 4.21. The summed E-state index contributed by atoms with van der Waals surface area (Å²) in [6.45, 7) is 0. The molecule has 6 heteroatoms. The Morgan fingerprint density at radius 1 is 1.11 bits per heavy atom. The number of aromatic nitrogens is 4. The van der Waals surface area contributed by atoms with Gasteiger partial charge in [-0.05, 0) is 56.0 Å². The number of rotatable bonds is 2. The van der Waals surface area contributed by atoms with Gasteiger partial charge in [0.05, 0.1) is 17.8 Å². The van der Waals surface area contributed by atoms with Crippen LogP contribution in [0.2, 0.25) is 0 Å². The fourth-order valence-electron chi connectivity index (χ4n) is 4.21. The van der Waals surface area contributed by atoms with Gasteiger partial charge in [-0.15, -0.1) is 0 Å². The molecular formula is C21H18FN5. The molecule has 0 unspecified atom stereocenters. The second kappa shape index (κ2) is 6.20. The van der Waals surface area contributed by atoms with E-state index in [-0.39, 0.29) is 17.8 Å². The van der Waals surface area contributed by atoms with Crippen LogP contribution in [0.4, 0.5) is 4.39 Å². The highest BCUT2D eigenvalue weighted by atomic mass is 19.1. The van der Waals surface area contributed by atoms with E-state index < -0.39 is 0 Å². The number of pyridine rings is 1. The predicted octanol–water partition coefficient (Wildman–Crippen LogP) is 4.97. The van der Waals surface area contributed by atoms with Crippen LogP contribution in [0.5, 0.6) is 0 Å². The Kier molecular flexibility index (Phi) is 3.68. The molecule has 0 amide bonds. The second-order valence-electron chi connectivity index (χ2n) is 7.18. The van der Waals surface area contributed by atoms with Crippen LogP contribution >= 0.6 is 0 Å². The highest BCUT2D eigenvalue weighted by Crippen LogP contribution is 2.39. The molecule has 1 aromatic carbocycles. The quantitative estimate of drug-likeness (QED) is 0.549. The van der Waals surface area contributed by atoms with Crippen LogP contribution in [0.3, 0.4) is 0 Å². The maximum absolute atomic E-state index is 13.4. The van der Waals surface area contributed by atoms with Crippen LogP contribution in [0, 0.1) is 23.1 Å². The standard InChI is InChI=1S/C21H18FN5/c22-15-5-3-14(4-6-15)21-26-18-12-25-20-17(9-10-24-20)19(18)27(21)16-7-1-13(11-23)2-8-16/h3-6,9-10,12-13,16H,1-2,7-8H2,(H,24,25)/t13-,16-. The van der Waals surface area contributed by atoms with E-state index in [0.717, 1.165) is 59.1 Å². The van der Waals surface area contributed by atoms with Crippen LogP contribution in [-0.4, -0.2) is 19.5 Å². The van der Waals surface area contributed by atoms with Gasteiger partial charge in [-0.1, -0.05) is 0 Å². The second-order valence-corrected chi connectivity index (χ2v) is 7.18. The van der Waals surface area contributed by atoms with Crippen LogP contribution in [-0.2, 0) is 0 Å². The molecule has 4 aromatic rings. The minimum absolute atomic E-state index is 0.138. The van der Waals surface area contributed by atoms with Gasteiger partial charge in [0.2, 0.25) is 0 Å². The van der Waals surface area contributed by atoms with E-state index in [1.807, 2.05) is 12.3 Å². The summed E-state index contributed by atoms with van der Waals surface area (Å²) in [6, 6.07) is 11.2. The normalized spacial score (nSPS) is 20.1. The van der Waals surface area contributed by atoms with Crippen molar-refractivity contribution >= 4 is 22.1 Å². The Morgan fingerprint density at radius 2 is 1.89 bits per heavy atom. The Balaban J connectivity index is 1.74. The molecule has 1 aliphatic rings. The first kappa shape index (κ1) is 16.0. The molecule has 0 bridgehead atoms.